The summed E-state index contributed by atoms with van der Waals surface area (Å²) in [6.45, 7) is 0. The standard InChI is InChI=1S/C7H10N2O2/c1-11-7-3-4(8)6(10)2-5(7)9/h2-3,10H,8-9H2,1H3. The fourth-order valence-electron chi connectivity index (χ4n) is 0.777. The second-order valence-corrected chi connectivity index (χ2v) is 2.15. The van der Waals surface area contributed by atoms with E-state index in [1.54, 1.807) is 0 Å². The van der Waals surface area contributed by atoms with E-state index in [4.69, 9.17) is 21.3 Å². The van der Waals surface area contributed by atoms with E-state index in [9.17, 15) is 0 Å². The average Bonchev–Trinajstić information content (AvgIpc) is 1.97. The number of rotatable bonds is 1. The topological polar surface area (TPSA) is 81.5 Å². The van der Waals surface area contributed by atoms with Crippen LogP contribution in [0.15, 0.2) is 12.1 Å². The monoisotopic (exact) mass is 154 g/mol. The van der Waals surface area contributed by atoms with Crippen LogP contribution in [-0.4, -0.2) is 12.2 Å². The van der Waals surface area contributed by atoms with Gasteiger partial charge in [-0.3, -0.25) is 0 Å². The molecule has 0 saturated heterocycles. The van der Waals surface area contributed by atoms with Gasteiger partial charge in [0.2, 0.25) is 0 Å². The normalized spacial score (nSPS) is 9.55. The number of phenolic OH excluding ortho intramolecular Hbond substituents is 1. The molecule has 1 aromatic rings. The van der Waals surface area contributed by atoms with Crippen LogP contribution in [0.1, 0.15) is 0 Å². The minimum atomic E-state index is -0.0247. The van der Waals surface area contributed by atoms with Crippen molar-refractivity contribution in [3.63, 3.8) is 0 Å². The minimum Gasteiger partial charge on any atom is -0.506 e. The molecule has 0 aliphatic rings. The lowest BCUT2D eigenvalue weighted by atomic mass is 10.2. The highest BCUT2D eigenvalue weighted by Crippen LogP contribution is 2.31. The van der Waals surface area contributed by atoms with E-state index < -0.39 is 0 Å². The molecule has 0 unspecified atom stereocenters. The molecule has 0 saturated carbocycles. The van der Waals surface area contributed by atoms with Crippen LogP contribution in [0.5, 0.6) is 11.5 Å². The molecule has 0 heterocycles. The quantitative estimate of drug-likeness (QED) is 0.408. The lowest BCUT2D eigenvalue weighted by Gasteiger charge is -2.05. The van der Waals surface area contributed by atoms with Gasteiger partial charge in [0.1, 0.15) is 11.5 Å². The maximum atomic E-state index is 9.06. The van der Waals surface area contributed by atoms with Crippen molar-refractivity contribution >= 4 is 11.4 Å². The zero-order valence-corrected chi connectivity index (χ0v) is 6.16. The summed E-state index contributed by atoms with van der Waals surface area (Å²) in [4.78, 5) is 0. The molecule has 0 spiro atoms. The first kappa shape index (κ1) is 7.53. The summed E-state index contributed by atoms with van der Waals surface area (Å²) >= 11 is 0. The summed E-state index contributed by atoms with van der Waals surface area (Å²) in [5.41, 5.74) is 11.5. The Balaban J connectivity index is 3.21. The number of hydrogen-bond acceptors (Lipinski definition) is 4. The highest BCUT2D eigenvalue weighted by atomic mass is 16.5. The van der Waals surface area contributed by atoms with Crippen LogP contribution >= 0.6 is 0 Å². The number of nitrogens with two attached hydrogens (primary N) is 2. The van der Waals surface area contributed by atoms with E-state index in [0.29, 0.717) is 11.4 Å². The van der Waals surface area contributed by atoms with E-state index in [1.807, 2.05) is 0 Å². The van der Waals surface area contributed by atoms with Crippen molar-refractivity contribution in [2.24, 2.45) is 0 Å². The van der Waals surface area contributed by atoms with Crippen LogP contribution < -0.4 is 16.2 Å². The average molecular weight is 154 g/mol. The van der Waals surface area contributed by atoms with Gasteiger partial charge >= 0.3 is 0 Å². The Labute approximate surface area is 64.4 Å². The molecular formula is C7H10N2O2. The SMILES string of the molecule is COc1cc(N)c(O)cc1N. The summed E-state index contributed by atoms with van der Waals surface area (Å²) in [6, 6.07) is 2.83. The van der Waals surface area contributed by atoms with Gasteiger partial charge in [0.25, 0.3) is 0 Å². The minimum absolute atomic E-state index is 0.0247. The molecule has 5 N–H and O–H groups in total. The van der Waals surface area contributed by atoms with Gasteiger partial charge in [0.05, 0.1) is 18.5 Å². The maximum absolute atomic E-state index is 9.06. The number of aromatic hydroxyl groups is 1. The molecule has 0 aliphatic carbocycles. The molecular weight excluding hydrogens is 144 g/mol. The Morgan fingerprint density at radius 2 is 1.91 bits per heavy atom. The van der Waals surface area contributed by atoms with Crippen LogP contribution in [0.25, 0.3) is 0 Å². The zero-order chi connectivity index (χ0) is 8.43. The van der Waals surface area contributed by atoms with E-state index in [2.05, 4.69) is 0 Å². The summed E-state index contributed by atoms with van der Waals surface area (Å²) in [5.74, 6) is 0.448. The summed E-state index contributed by atoms with van der Waals surface area (Å²) < 4.78 is 4.86. The molecule has 1 rings (SSSR count). The molecule has 4 nitrogen and oxygen atoms in total. The Morgan fingerprint density at radius 1 is 1.27 bits per heavy atom. The van der Waals surface area contributed by atoms with Gasteiger partial charge in [-0.25, -0.2) is 0 Å². The second kappa shape index (κ2) is 2.57. The van der Waals surface area contributed by atoms with Gasteiger partial charge in [-0.1, -0.05) is 0 Å². The molecule has 0 aromatic heterocycles. The van der Waals surface area contributed by atoms with Crippen LogP contribution in [0.4, 0.5) is 11.4 Å². The van der Waals surface area contributed by atoms with Crippen molar-refractivity contribution in [3.8, 4) is 11.5 Å². The van der Waals surface area contributed by atoms with Crippen molar-refractivity contribution in [2.45, 2.75) is 0 Å². The number of anilines is 2. The largest absolute Gasteiger partial charge is 0.506 e. The van der Waals surface area contributed by atoms with Crippen molar-refractivity contribution < 1.29 is 9.84 Å². The molecule has 11 heavy (non-hydrogen) atoms. The fraction of sp³-hybridized carbons (Fsp3) is 0.143. The third kappa shape index (κ3) is 1.29. The van der Waals surface area contributed by atoms with Crippen molar-refractivity contribution in [1.82, 2.24) is 0 Å². The van der Waals surface area contributed by atoms with E-state index >= 15 is 0 Å². The Hall–Kier alpha value is -1.58. The van der Waals surface area contributed by atoms with Gasteiger partial charge in [0.15, 0.2) is 0 Å². The number of hydrogen-bond donors (Lipinski definition) is 3. The van der Waals surface area contributed by atoms with Crippen molar-refractivity contribution in [2.75, 3.05) is 18.6 Å². The smallest absolute Gasteiger partial charge is 0.144 e. The zero-order valence-electron chi connectivity index (χ0n) is 6.16. The number of nitrogen functional groups attached to an aromatic ring is 2. The summed E-state index contributed by atoms with van der Waals surface area (Å²) in [7, 11) is 1.49. The second-order valence-electron chi connectivity index (χ2n) is 2.15. The first-order valence-corrected chi connectivity index (χ1v) is 3.07. The lowest BCUT2D eigenvalue weighted by molar-refractivity contribution is 0.415. The van der Waals surface area contributed by atoms with Crippen molar-refractivity contribution in [1.29, 1.82) is 0 Å². The molecule has 1 aromatic carbocycles. The maximum Gasteiger partial charge on any atom is 0.144 e. The molecule has 0 amide bonds. The number of phenols is 1. The van der Waals surface area contributed by atoms with Gasteiger partial charge in [-0.2, -0.15) is 0 Å². The third-order valence-corrected chi connectivity index (χ3v) is 1.38. The molecule has 0 bridgehead atoms. The van der Waals surface area contributed by atoms with Crippen LogP contribution in [0.3, 0.4) is 0 Å². The molecule has 0 radical (unpaired) electrons. The first-order valence-electron chi connectivity index (χ1n) is 3.07. The molecule has 0 atom stereocenters. The Kier molecular flexibility index (Phi) is 1.76. The number of methoxy groups -OCH3 is 1. The van der Waals surface area contributed by atoms with Crippen LogP contribution in [0, 0.1) is 0 Å². The van der Waals surface area contributed by atoms with Crippen molar-refractivity contribution in [3.05, 3.63) is 12.1 Å². The predicted octanol–water partition coefficient (Wildman–Crippen LogP) is 0.565. The van der Waals surface area contributed by atoms with E-state index in [-0.39, 0.29) is 11.4 Å². The van der Waals surface area contributed by atoms with E-state index in [0.717, 1.165) is 0 Å². The van der Waals surface area contributed by atoms with Gasteiger partial charge < -0.3 is 21.3 Å². The molecule has 0 aliphatic heterocycles. The molecule has 4 heteroatoms. The molecule has 0 fully saturated rings. The van der Waals surface area contributed by atoms with Crippen LogP contribution in [0.2, 0.25) is 0 Å². The lowest BCUT2D eigenvalue weighted by Crippen LogP contribution is -1.94. The third-order valence-electron chi connectivity index (χ3n) is 1.38. The predicted molar refractivity (Wildman–Crippen MR) is 43.5 cm³/mol. The highest BCUT2D eigenvalue weighted by Gasteiger charge is 2.03. The Morgan fingerprint density at radius 3 is 2.45 bits per heavy atom. The van der Waals surface area contributed by atoms with Gasteiger partial charge in [-0.05, 0) is 0 Å². The number of benzene rings is 1. The highest BCUT2D eigenvalue weighted by molar-refractivity contribution is 5.66. The van der Waals surface area contributed by atoms with Crippen LogP contribution in [-0.2, 0) is 0 Å². The van der Waals surface area contributed by atoms with Gasteiger partial charge in [-0.15, -0.1) is 0 Å². The number of ether oxygens (including phenoxy) is 1. The van der Waals surface area contributed by atoms with Gasteiger partial charge in [0, 0.05) is 12.1 Å². The summed E-state index contributed by atoms with van der Waals surface area (Å²) in [5, 5.41) is 9.06. The first-order chi connectivity index (χ1) is 5.15. The van der Waals surface area contributed by atoms with E-state index in [1.165, 1.54) is 19.2 Å². The Bertz CT molecular complexity index is 273. The fourth-order valence-corrected chi connectivity index (χ4v) is 0.777. The molecule has 60 valence electrons. The summed E-state index contributed by atoms with van der Waals surface area (Å²) in [6.07, 6.45) is 0.